The molecule has 0 unspecified atom stereocenters. The molecule has 2 aromatic rings. The van der Waals surface area contributed by atoms with Crippen LogP contribution in [-0.4, -0.2) is 24.9 Å². The maximum Gasteiger partial charge on any atom is 0.170 e. The summed E-state index contributed by atoms with van der Waals surface area (Å²) in [5.41, 5.74) is 0.921. The van der Waals surface area contributed by atoms with Crippen LogP contribution in [0.25, 0.3) is 0 Å². The van der Waals surface area contributed by atoms with Gasteiger partial charge in [0.15, 0.2) is 5.11 Å². The van der Waals surface area contributed by atoms with Crippen LogP contribution in [0.4, 0.5) is 5.69 Å². The van der Waals surface area contributed by atoms with Crippen LogP contribution in [0.2, 0.25) is 0 Å². The van der Waals surface area contributed by atoms with Gasteiger partial charge in [-0.1, -0.05) is 18.2 Å². The van der Waals surface area contributed by atoms with E-state index in [1.807, 2.05) is 61.5 Å². The van der Waals surface area contributed by atoms with Gasteiger partial charge in [-0.05, 0) is 55.5 Å². The molecule has 0 aromatic heterocycles. The molecule has 0 aliphatic rings. The number of para-hydroxylation sites is 1. The highest BCUT2D eigenvalue weighted by Crippen LogP contribution is 2.15. The lowest BCUT2D eigenvalue weighted by atomic mass is 10.3. The largest absolute Gasteiger partial charge is 0.494 e. The summed E-state index contributed by atoms with van der Waals surface area (Å²) in [5, 5.41) is 6.79. The van der Waals surface area contributed by atoms with E-state index in [0.717, 1.165) is 17.2 Å². The van der Waals surface area contributed by atoms with Gasteiger partial charge >= 0.3 is 0 Å². The Bertz CT molecular complexity index is 573. The fourth-order valence-corrected chi connectivity index (χ4v) is 2.05. The normalized spacial score (nSPS) is 9.86. The maximum atomic E-state index is 5.58. The molecule has 2 N–H and O–H groups in total. The van der Waals surface area contributed by atoms with Crippen LogP contribution in [0.15, 0.2) is 54.6 Å². The molecular formula is C17H20N2O2S. The van der Waals surface area contributed by atoms with Crippen molar-refractivity contribution in [2.45, 2.75) is 6.92 Å². The summed E-state index contributed by atoms with van der Waals surface area (Å²) in [7, 11) is 0. The quantitative estimate of drug-likeness (QED) is 0.605. The van der Waals surface area contributed by atoms with E-state index in [1.165, 1.54) is 0 Å². The van der Waals surface area contributed by atoms with E-state index in [0.29, 0.717) is 24.9 Å². The summed E-state index contributed by atoms with van der Waals surface area (Å²) >= 11 is 5.24. The molecule has 116 valence electrons. The van der Waals surface area contributed by atoms with E-state index in [-0.39, 0.29) is 0 Å². The van der Waals surface area contributed by atoms with Crippen LogP contribution < -0.4 is 20.1 Å². The molecule has 0 bridgehead atoms. The fourth-order valence-electron chi connectivity index (χ4n) is 1.83. The molecule has 2 rings (SSSR count). The molecule has 0 saturated carbocycles. The highest BCUT2D eigenvalue weighted by Gasteiger charge is 1.99. The molecule has 0 fully saturated rings. The molecule has 0 atom stereocenters. The van der Waals surface area contributed by atoms with Crippen LogP contribution in [0.1, 0.15) is 6.92 Å². The number of hydrogen-bond donors (Lipinski definition) is 2. The number of thiocarbonyl (C=S) groups is 1. The molecule has 5 heteroatoms. The molecule has 0 heterocycles. The Kier molecular flexibility index (Phi) is 6.51. The minimum Gasteiger partial charge on any atom is -0.494 e. The van der Waals surface area contributed by atoms with Crippen molar-refractivity contribution in [1.82, 2.24) is 5.32 Å². The van der Waals surface area contributed by atoms with Crippen LogP contribution >= 0.6 is 12.2 Å². The molecule has 22 heavy (non-hydrogen) atoms. The Morgan fingerprint density at radius 3 is 2.32 bits per heavy atom. The van der Waals surface area contributed by atoms with Gasteiger partial charge < -0.3 is 20.1 Å². The van der Waals surface area contributed by atoms with Crippen LogP contribution in [0.3, 0.4) is 0 Å². The van der Waals surface area contributed by atoms with Gasteiger partial charge in [0.1, 0.15) is 18.1 Å². The maximum absolute atomic E-state index is 5.58. The fraction of sp³-hybridized carbons (Fsp3) is 0.235. The standard InChI is InChI=1S/C17H20N2O2S/c1-2-20-16-10-8-14(9-11-16)19-17(22)18-12-13-21-15-6-4-3-5-7-15/h3-11H,2,12-13H2,1H3,(H2,18,19,22). The number of benzene rings is 2. The van der Waals surface area contributed by atoms with E-state index in [2.05, 4.69) is 10.6 Å². The highest BCUT2D eigenvalue weighted by molar-refractivity contribution is 7.80. The first-order valence-electron chi connectivity index (χ1n) is 7.23. The van der Waals surface area contributed by atoms with E-state index >= 15 is 0 Å². The third-order valence-electron chi connectivity index (χ3n) is 2.82. The zero-order valence-electron chi connectivity index (χ0n) is 12.5. The topological polar surface area (TPSA) is 42.5 Å². The molecule has 0 amide bonds. The number of anilines is 1. The monoisotopic (exact) mass is 316 g/mol. The van der Waals surface area contributed by atoms with Gasteiger partial charge in [-0.25, -0.2) is 0 Å². The summed E-state index contributed by atoms with van der Waals surface area (Å²) in [4.78, 5) is 0. The predicted octanol–water partition coefficient (Wildman–Crippen LogP) is 3.45. The van der Waals surface area contributed by atoms with Crippen molar-refractivity contribution in [3.8, 4) is 11.5 Å². The van der Waals surface area contributed by atoms with E-state index in [9.17, 15) is 0 Å². The lowest BCUT2D eigenvalue weighted by Gasteiger charge is -2.12. The number of hydrogen-bond acceptors (Lipinski definition) is 3. The number of rotatable bonds is 7. The van der Waals surface area contributed by atoms with Gasteiger partial charge in [-0.2, -0.15) is 0 Å². The number of nitrogens with one attached hydrogen (secondary N) is 2. The molecule has 0 spiro atoms. The van der Waals surface area contributed by atoms with Crippen molar-refractivity contribution in [3.63, 3.8) is 0 Å². The van der Waals surface area contributed by atoms with Crippen molar-refractivity contribution < 1.29 is 9.47 Å². The van der Waals surface area contributed by atoms with Gasteiger partial charge in [0.2, 0.25) is 0 Å². The number of ether oxygens (including phenoxy) is 2. The molecule has 0 aliphatic heterocycles. The second-order valence-electron chi connectivity index (χ2n) is 4.50. The second-order valence-corrected chi connectivity index (χ2v) is 4.91. The second kappa shape index (κ2) is 8.89. The average molecular weight is 316 g/mol. The first-order valence-corrected chi connectivity index (χ1v) is 7.64. The molecule has 0 saturated heterocycles. The molecule has 2 aromatic carbocycles. The van der Waals surface area contributed by atoms with Crippen LogP contribution in [0, 0.1) is 0 Å². The third-order valence-corrected chi connectivity index (χ3v) is 3.07. The SMILES string of the molecule is CCOc1ccc(NC(=S)NCCOc2ccccc2)cc1. The van der Waals surface area contributed by atoms with Crippen molar-refractivity contribution >= 4 is 23.0 Å². The van der Waals surface area contributed by atoms with E-state index < -0.39 is 0 Å². The van der Waals surface area contributed by atoms with Gasteiger partial charge in [0.25, 0.3) is 0 Å². The van der Waals surface area contributed by atoms with Crippen molar-refractivity contribution in [2.24, 2.45) is 0 Å². The summed E-state index contributed by atoms with van der Waals surface area (Å²) in [6.07, 6.45) is 0. The van der Waals surface area contributed by atoms with Crippen LogP contribution in [0.5, 0.6) is 11.5 Å². The van der Waals surface area contributed by atoms with E-state index in [4.69, 9.17) is 21.7 Å². The summed E-state index contributed by atoms with van der Waals surface area (Å²) in [6, 6.07) is 17.4. The Morgan fingerprint density at radius 2 is 1.64 bits per heavy atom. The highest BCUT2D eigenvalue weighted by atomic mass is 32.1. The molecular weight excluding hydrogens is 296 g/mol. The smallest absolute Gasteiger partial charge is 0.170 e. The van der Waals surface area contributed by atoms with Gasteiger partial charge in [-0.15, -0.1) is 0 Å². The zero-order chi connectivity index (χ0) is 15.6. The summed E-state index contributed by atoms with van der Waals surface area (Å²) in [5.74, 6) is 1.71. The van der Waals surface area contributed by atoms with Gasteiger partial charge in [0, 0.05) is 5.69 Å². The lowest BCUT2D eigenvalue weighted by Crippen LogP contribution is -2.31. The van der Waals surface area contributed by atoms with E-state index in [1.54, 1.807) is 0 Å². The average Bonchev–Trinajstić information content (AvgIpc) is 2.55. The summed E-state index contributed by atoms with van der Waals surface area (Å²) in [6.45, 7) is 3.81. The van der Waals surface area contributed by atoms with Crippen molar-refractivity contribution in [2.75, 3.05) is 25.1 Å². The Balaban J connectivity index is 1.67. The minimum atomic E-state index is 0.551. The molecule has 0 aliphatic carbocycles. The molecule has 4 nitrogen and oxygen atoms in total. The first kappa shape index (κ1) is 16.1. The predicted molar refractivity (Wildman–Crippen MR) is 93.8 cm³/mol. The Labute approximate surface area is 136 Å². The first-order chi connectivity index (χ1) is 10.8. The third kappa shape index (κ3) is 5.61. The molecule has 0 radical (unpaired) electrons. The Morgan fingerprint density at radius 1 is 0.955 bits per heavy atom. The van der Waals surface area contributed by atoms with Gasteiger partial charge in [-0.3, -0.25) is 0 Å². The van der Waals surface area contributed by atoms with Crippen molar-refractivity contribution in [1.29, 1.82) is 0 Å². The van der Waals surface area contributed by atoms with Crippen LogP contribution in [-0.2, 0) is 0 Å². The van der Waals surface area contributed by atoms with Crippen molar-refractivity contribution in [3.05, 3.63) is 54.6 Å². The van der Waals surface area contributed by atoms with Gasteiger partial charge in [0.05, 0.1) is 13.2 Å². The summed E-state index contributed by atoms with van der Waals surface area (Å²) < 4.78 is 11.0. The lowest BCUT2D eigenvalue weighted by molar-refractivity contribution is 0.323. The Hall–Kier alpha value is -2.27. The minimum absolute atomic E-state index is 0.551. The zero-order valence-corrected chi connectivity index (χ0v) is 13.4.